The van der Waals surface area contributed by atoms with Crippen molar-refractivity contribution in [2.24, 2.45) is 0 Å². The average molecular weight is 218 g/mol. The largest absolute Gasteiger partial charge is 0.398 e. The van der Waals surface area contributed by atoms with Crippen LogP contribution in [0.15, 0.2) is 48.5 Å². The molecule has 0 radical (unpaired) electrons. The van der Waals surface area contributed by atoms with Gasteiger partial charge in [-0.3, -0.25) is 0 Å². The molecule has 0 aliphatic carbocycles. The van der Waals surface area contributed by atoms with E-state index in [0.717, 1.165) is 11.1 Å². The zero-order valence-electron chi connectivity index (χ0n) is 9.14. The number of rotatable bonds is 0. The SMILES string of the molecule is N#Cc1ccc(C#Cc2ccccc2N)cc1. The molecule has 17 heavy (non-hydrogen) atoms. The van der Waals surface area contributed by atoms with Gasteiger partial charge >= 0.3 is 0 Å². The van der Waals surface area contributed by atoms with E-state index in [1.54, 1.807) is 12.1 Å². The molecule has 0 fully saturated rings. The average Bonchev–Trinajstić information content (AvgIpc) is 2.38. The molecule has 0 atom stereocenters. The Morgan fingerprint density at radius 2 is 1.47 bits per heavy atom. The summed E-state index contributed by atoms with van der Waals surface area (Å²) in [5.74, 6) is 6.02. The molecule has 2 aromatic rings. The molecule has 0 saturated heterocycles. The Balaban J connectivity index is 2.28. The lowest BCUT2D eigenvalue weighted by Crippen LogP contribution is -1.88. The second kappa shape index (κ2) is 4.88. The summed E-state index contributed by atoms with van der Waals surface area (Å²) in [4.78, 5) is 0. The molecule has 2 heteroatoms. The topological polar surface area (TPSA) is 49.8 Å². The smallest absolute Gasteiger partial charge is 0.0991 e. The number of nitrogens with zero attached hydrogens (tertiary/aromatic N) is 1. The Kier molecular flexibility index (Phi) is 3.10. The number of nitriles is 1. The van der Waals surface area contributed by atoms with Crippen LogP contribution in [0.25, 0.3) is 0 Å². The number of hydrogen-bond donors (Lipinski definition) is 1. The number of anilines is 1. The summed E-state index contributed by atoms with van der Waals surface area (Å²) in [5, 5.41) is 8.67. The maximum Gasteiger partial charge on any atom is 0.0991 e. The van der Waals surface area contributed by atoms with E-state index in [-0.39, 0.29) is 0 Å². The minimum atomic E-state index is 0.634. The third-order valence-corrected chi connectivity index (χ3v) is 2.32. The highest BCUT2D eigenvalue weighted by molar-refractivity contribution is 5.57. The van der Waals surface area contributed by atoms with Crippen molar-refractivity contribution in [2.75, 3.05) is 5.73 Å². The third kappa shape index (κ3) is 2.65. The highest BCUT2D eigenvalue weighted by Gasteiger charge is 1.92. The molecule has 2 N–H and O–H groups in total. The molecule has 0 aromatic heterocycles. The summed E-state index contributed by atoms with van der Waals surface area (Å²) in [7, 11) is 0. The molecular formula is C15H10N2. The second-order valence-electron chi connectivity index (χ2n) is 3.53. The van der Waals surface area contributed by atoms with E-state index in [9.17, 15) is 0 Å². The van der Waals surface area contributed by atoms with Gasteiger partial charge in [0.15, 0.2) is 0 Å². The molecule has 0 aliphatic heterocycles. The zero-order chi connectivity index (χ0) is 12.1. The van der Waals surface area contributed by atoms with Gasteiger partial charge in [0.1, 0.15) is 0 Å². The molecular weight excluding hydrogens is 208 g/mol. The quantitative estimate of drug-likeness (QED) is 0.545. The number of nitrogens with two attached hydrogens (primary N) is 1. The summed E-state index contributed by atoms with van der Waals surface area (Å²) in [6.07, 6.45) is 0. The predicted molar refractivity (Wildman–Crippen MR) is 68.0 cm³/mol. The van der Waals surface area contributed by atoms with Gasteiger partial charge in [0.05, 0.1) is 11.6 Å². The van der Waals surface area contributed by atoms with Crippen LogP contribution < -0.4 is 5.73 Å². The molecule has 2 rings (SSSR count). The van der Waals surface area contributed by atoms with E-state index in [2.05, 4.69) is 17.9 Å². The van der Waals surface area contributed by atoms with Crippen LogP contribution in [0.2, 0.25) is 0 Å². The highest BCUT2D eigenvalue weighted by atomic mass is 14.5. The van der Waals surface area contributed by atoms with Crippen LogP contribution in [-0.2, 0) is 0 Å². The van der Waals surface area contributed by atoms with Gasteiger partial charge in [-0.05, 0) is 36.4 Å². The standard InChI is InChI=1S/C15H10N2/c16-11-13-7-5-12(6-8-13)9-10-14-3-1-2-4-15(14)17/h1-8H,17H2. The van der Waals surface area contributed by atoms with Gasteiger partial charge in [-0.15, -0.1) is 0 Å². The van der Waals surface area contributed by atoms with Crippen molar-refractivity contribution in [2.45, 2.75) is 0 Å². The van der Waals surface area contributed by atoms with E-state index >= 15 is 0 Å². The van der Waals surface area contributed by atoms with Crippen molar-refractivity contribution in [1.29, 1.82) is 5.26 Å². The first-order valence-corrected chi connectivity index (χ1v) is 5.16. The van der Waals surface area contributed by atoms with Crippen molar-refractivity contribution >= 4 is 5.69 Å². The molecule has 2 aromatic carbocycles. The Hall–Kier alpha value is -2.71. The monoisotopic (exact) mass is 218 g/mol. The number of para-hydroxylation sites is 1. The van der Waals surface area contributed by atoms with Gasteiger partial charge in [0, 0.05) is 16.8 Å². The second-order valence-corrected chi connectivity index (χ2v) is 3.53. The molecule has 0 heterocycles. The van der Waals surface area contributed by atoms with Gasteiger partial charge in [-0.1, -0.05) is 24.0 Å². The number of benzene rings is 2. The first-order chi connectivity index (χ1) is 8.29. The van der Waals surface area contributed by atoms with Crippen LogP contribution in [-0.4, -0.2) is 0 Å². The molecule has 80 valence electrons. The maximum atomic E-state index is 8.67. The van der Waals surface area contributed by atoms with E-state index in [4.69, 9.17) is 11.0 Å². The molecule has 0 saturated carbocycles. The normalized spacial score (nSPS) is 8.88. The number of nitrogen functional groups attached to an aromatic ring is 1. The zero-order valence-corrected chi connectivity index (χ0v) is 9.14. The lowest BCUT2D eigenvalue weighted by molar-refractivity contribution is 1.48. The summed E-state index contributed by atoms with van der Waals surface area (Å²) >= 11 is 0. The third-order valence-electron chi connectivity index (χ3n) is 2.32. The lowest BCUT2D eigenvalue weighted by atomic mass is 10.1. The maximum absolute atomic E-state index is 8.67. The van der Waals surface area contributed by atoms with E-state index in [0.29, 0.717) is 11.3 Å². The van der Waals surface area contributed by atoms with Crippen molar-refractivity contribution in [1.82, 2.24) is 0 Å². The van der Waals surface area contributed by atoms with Crippen LogP contribution in [0, 0.1) is 23.2 Å². The fraction of sp³-hybridized carbons (Fsp3) is 0. The first kappa shape index (κ1) is 10.8. The fourth-order valence-electron chi connectivity index (χ4n) is 1.38. The van der Waals surface area contributed by atoms with Crippen molar-refractivity contribution in [3.05, 3.63) is 65.2 Å². The van der Waals surface area contributed by atoms with Gasteiger partial charge in [-0.2, -0.15) is 5.26 Å². The summed E-state index contributed by atoms with van der Waals surface area (Å²) in [6, 6.07) is 16.7. The van der Waals surface area contributed by atoms with Gasteiger partial charge < -0.3 is 5.73 Å². The van der Waals surface area contributed by atoms with E-state index < -0.39 is 0 Å². The van der Waals surface area contributed by atoms with E-state index in [1.807, 2.05) is 36.4 Å². The van der Waals surface area contributed by atoms with Gasteiger partial charge in [0.25, 0.3) is 0 Å². The van der Waals surface area contributed by atoms with Crippen LogP contribution >= 0.6 is 0 Å². The Labute approximate surface area is 100 Å². The van der Waals surface area contributed by atoms with Crippen molar-refractivity contribution in [3.63, 3.8) is 0 Å². The molecule has 2 nitrogen and oxygen atoms in total. The minimum Gasteiger partial charge on any atom is -0.398 e. The van der Waals surface area contributed by atoms with Gasteiger partial charge in [-0.25, -0.2) is 0 Å². The molecule has 0 bridgehead atoms. The fourth-order valence-corrected chi connectivity index (χ4v) is 1.38. The number of hydrogen-bond acceptors (Lipinski definition) is 2. The Morgan fingerprint density at radius 1 is 0.824 bits per heavy atom. The van der Waals surface area contributed by atoms with Crippen LogP contribution in [0.5, 0.6) is 0 Å². The van der Waals surface area contributed by atoms with Crippen molar-refractivity contribution < 1.29 is 0 Å². The molecule has 0 aliphatic rings. The van der Waals surface area contributed by atoms with E-state index in [1.165, 1.54) is 0 Å². The Morgan fingerprint density at radius 3 is 2.12 bits per heavy atom. The summed E-state index contributed by atoms with van der Waals surface area (Å²) in [5.41, 5.74) is 8.78. The molecule has 0 spiro atoms. The van der Waals surface area contributed by atoms with Crippen LogP contribution in [0.3, 0.4) is 0 Å². The molecule has 0 unspecified atom stereocenters. The molecule has 0 amide bonds. The Bertz CT molecular complexity index is 622. The lowest BCUT2D eigenvalue weighted by Gasteiger charge is -1.95. The predicted octanol–water partition coefficient (Wildman–Crippen LogP) is 2.54. The minimum absolute atomic E-state index is 0.634. The van der Waals surface area contributed by atoms with Gasteiger partial charge in [0.2, 0.25) is 0 Å². The first-order valence-electron chi connectivity index (χ1n) is 5.16. The summed E-state index contributed by atoms with van der Waals surface area (Å²) < 4.78 is 0. The van der Waals surface area contributed by atoms with Crippen LogP contribution in [0.1, 0.15) is 16.7 Å². The highest BCUT2D eigenvalue weighted by Crippen LogP contribution is 2.09. The van der Waals surface area contributed by atoms with Crippen molar-refractivity contribution in [3.8, 4) is 17.9 Å². The summed E-state index contributed by atoms with van der Waals surface area (Å²) in [6.45, 7) is 0. The van der Waals surface area contributed by atoms with Crippen LogP contribution in [0.4, 0.5) is 5.69 Å².